The lowest BCUT2D eigenvalue weighted by Crippen LogP contribution is -2.14. The van der Waals surface area contributed by atoms with Crippen molar-refractivity contribution in [2.24, 2.45) is 5.73 Å². The molecule has 1 heterocycles. The SMILES string of the molecule is C=C.CCCNCCC.CN.Cc1ccc(C)cc1.Nc1ccc(-c2ccncc2)cc1. The third kappa shape index (κ3) is 16.8. The van der Waals surface area contributed by atoms with Gasteiger partial charge in [-0.3, -0.25) is 4.98 Å². The average Bonchev–Trinajstić information content (AvgIpc) is 2.86. The molecule has 32 heavy (non-hydrogen) atoms. The molecule has 4 heteroatoms. The summed E-state index contributed by atoms with van der Waals surface area (Å²) in [6.07, 6.45) is 6.07. The standard InChI is InChI=1S/C11H10N2.C8H10.C6H15N.C2H4.CH5N/c12-11-3-1-9(2-4-11)10-5-7-13-8-6-10;1-7-3-5-8(2)6-4-7;1-3-5-7-6-4-2;2*1-2/h1-8H,12H2;3-6H,1-2H3;7H,3-6H2,1-2H3;1-2H2;2H2,1H3. The van der Waals surface area contributed by atoms with E-state index in [1.54, 1.807) is 12.4 Å². The second-order valence-electron chi connectivity index (χ2n) is 6.76. The summed E-state index contributed by atoms with van der Waals surface area (Å²) >= 11 is 0. The van der Waals surface area contributed by atoms with E-state index in [4.69, 9.17) is 5.73 Å². The Bertz CT molecular complexity index is 729. The fraction of sp³-hybridized carbons (Fsp3) is 0.321. The quantitative estimate of drug-likeness (QED) is 0.245. The van der Waals surface area contributed by atoms with E-state index < -0.39 is 0 Å². The molecular formula is C28H44N4. The number of nitrogen functional groups attached to an aromatic ring is 1. The summed E-state index contributed by atoms with van der Waals surface area (Å²) in [7, 11) is 1.50. The van der Waals surface area contributed by atoms with Crippen LogP contribution >= 0.6 is 0 Å². The Morgan fingerprint density at radius 2 is 1.06 bits per heavy atom. The molecule has 0 atom stereocenters. The first kappa shape index (κ1) is 31.2. The highest BCUT2D eigenvalue weighted by Gasteiger charge is 1.94. The van der Waals surface area contributed by atoms with Crippen LogP contribution in [0.1, 0.15) is 37.8 Å². The summed E-state index contributed by atoms with van der Waals surface area (Å²) in [5.74, 6) is 0. The Morgan fingerprint density at radius 3 is 1.44 bits per heavy atom. The molecule has 5 N–H and O–H groups in total. The summed E-state index contributed by atoms with van der Waals surface area (Å²) in [4.78, 5) is 3.96. The van der Waals surface area contributed by atoms with Crippen molar-refractivity contribution < 1.29 is 0 Å². The summed E-state index contributed by atoms with van der Waals surface area (Å²) < 4.78 is 0. The number of benzene rings is 2. The molecule has 0 aliphatic rings. The molecule has 0 fully saturated rings. The van der Waals surface area contributed by atoms with Gasteiger partial charge in [-0.25, -0.2) is 0 Å². The maximum atomic E-state index is 5.59. The molecule has 0 bridgehead atoms. The number of nitrogens with two attached hydrogens (primary N) is 2. The van der Waals surface area contributed by atoms with Gasteiger partial charge in [0.25, 0.3) is 0 Å². The molecule has 176 valence electrons. The van der Waals surface area contributed by atoms with Crippen molar-refractivity contribution in [3.8, 4) is 11.1 Å². The van der Waals surface area contributed by atoms with E-state index in [9.17, 15) is 0 Å². The van der Waals surface area contributed by atoms with Crippen LogP contribution in [-0.2, 0) is 0 Å². The van der Waals surface area contributed by atoms with Gasteiger partial charge < -0.3 is 16.8 Å². The zero-order valence-corrected chi connectivity index (χ0v) is 20.8. The summed E-state index contributed by atoms with van der Waals surface area (Å²) in [6.45, 7) is 16.9. The molecule has 1 aromatic heterocycles. The van der Waals surface area contributed by atoms with Crippen molar-refractivity contribution in [2.75, 3.05) is 25.9 Å². The third-order valence-electron chi connectivity index (χ3n) is 4.00. The highest BCUT2D eigenvalue weighted by molar-refractivity contribution is 5.64. The number of nitrogens with zero attached hydrogens (tertiary/aromatic N) is 1. The van der Waals surface area contributed by atoms with Gasteiger partial charge in [-0.1, -0.05) is 61.4 Å². The fourth-order valence-corrected chi connectivity index (χ4v) is 2.34. The number of pyridine rings is 1. The number of rotatable bonds is 5. The molecule has 0 spiro atoms. The molecule has 0 saturated heterocycles. The number of aryl methyl sites for hydroxylation is 2. The van der Waals surface area contributed by atoms with Gasteiger partial charge in [0.2, 0.25) is 0 Å². The Morgan fingerprint density at radius 1 is 0.688 bits per heavy atom. The van der Waals surface area contributed by atoms with Crippen molar-refractivity contribution in [1.29, 1.82) is 0 Å². The minimum absolute atomic E-state index is 0.790. The zero-order chi connectivity index (χ0) is 24.6. The Hall–Kier alpha value is -2.95. The van der Waals surface area contributed by atoms with Crippen molar-refractivity contribution in [3.63, 3.8) is 0 Å². The monoisotopic (exact) mass is 436 g/mol. The van der Waals surface area contributed by atoms with Crippen molar-refractivity contribution in [3.05, 3.63) is 97.3 Å². The van der Waals surface area contributed by atoms with Gasteiger partial charge in [0.15, 0.2) is 0 Å². The molecular weight excluding hydrogens is 392 g/mol. The highest BCUT2D eigenvalue weighted by Crippen LogP contribution is 2.18. The van der Waals surface area contributed by atoms with E-state index in [0.717, 1.165) is 16.8 Å². The number of nitrogens with one attached hydrogen (secondary N) is 1. The first-order chi connectivity index (χ1) is 15.6. The topological polar surface area (TPSA) is 77.0 Å². The smallest absolute Gasteiger partial charge is 0.0314 e. The predicted octanol–water partition coefficient (Wildman–Crippen LogP) is 6.41. The van der Waals surface area contributed by atoms with Crippen molar-refractivity contribution in [2.45, 2.75) is 40.5 Å². The van der Waals surface area contributed by atoms with Crippen LogP contribution in [0.3, 0.4) is 0 Å². The number of hydrogen-bond acceptors (Lipinski definition) is 4. The summed E-state index contributed by atoms with van der Waals surface area (Å²) in [6, 6.07) is 20.2. The molecule has 3 rings (SSSR count). The van der Waals surface area contributed by atoms with Crippen LogP contribution in [0.5, 0.6) is 0 Å². The van der Waals surface area contributed by atoms with Crippen molar-refractivity contribution in [1.82, 2.24) is 10.3 Å². The Balaban J connectivity index is 0. The second kappa shape index (κ2) is 22.7. The highest BCUT2D eigenvalue weighted by atomic mass is 14.8. The molecule has 0 aliphatic heterocycles. The normalized spacial score (nSPS) is 8.69. The van der Waals surface area contributed by atoms with E-state index in [0.29, 0.717) is 0 Å². The predicted molar refractivity (Wildman–Crippen MR) is 145 cm³/mol. The van der Waals surface area contributed by atoms with Crippen LogP contribution in [-0.4, -0.2) is 25.1 Å². The average molecular weight is 437 g/mol. The van der Waals surface area contributed by atoms with Crippen LogP contribution in [0, 0.1) is 13.8 Å². The first-order valence-electron chi connectivity index (χ1n) is 11.1. The lowest BCUT2D eigenvalue weighted by molar-refractivity contribution is 0.662. The Labute approximate surface area is 196 Å². The third-order valence-corrected chi connectivity index (χ3v) is 4.00. The Kier molecular flexibility index (Phi) is 22.2. The van der Waals surface area contributed by atoms with Gasteiger partial charge in [0, 0.05) is 18.1 Å². The lowest BCUT2D eigenvalue weighted by Gasteiger charge is -2.00. The van der Waals surface area contributed by atoms with E-state index in [1.807, 2.05) is 36.4 Å². The molecule has 0 aliphatic carbocycles. The van der Waals surface area contributed by atoms with Gasteiger partial charge in [0.05, 0.1) is 0 Å². The maximum absolute atomic E-state index is 5.59. The van der Waals surface area contributed by atoms with Crippen LogP contribution in [0.2, 0.25) is 0 Å². The molecule has 2 aromatic carbocycles. The lowest BCUT2D eigenvalue weighted by atomic mass is 10.1. The number of anilines is 1. The molecule has 0 unspecified atom stereocenters. The largest absolute Gasteiger partial charge is 0.399 e. The first-order valence-corrected chi connectivity index (χ1v) is 11.1. The van der Waals surface area contributed by atoms with E-state index in [2.05, 4.69) is 81.2 Å². The fourth-order valence-electron chi connectivity index (χ4n) is 2.34. The van der Waals surface area contributed by atoms with Gasteiger partial charge in [-0.2, -0.15) is 0 Å². The van der Waals surface area contributed by atoms with Gasteiger partial charge in [-0.05, 0) is 82.2 Å². The van der Waals surface area contributed by atoms with E-state index in [-0.39, 0.29) is 0 Å². The van der Waals surface area contributed by atoms with Crippen LogP contribution in [0.25, 0.3) is 11.1 Å². The molecule has 0 amide bonds. The van der Waals surface area contributed by atoms with Gasteiger partial charge in [-0.15, -0.1) is 13.2 Å². The van der Waals surface area contributed by atoms with Crippen molar-refractivity contribution >= 4 is 5.69 Å². The molecule has 4 nitrogen and oxygen atoms in total. The minimum atomic E-state index is 0.790. The molecule has 0 saturated carbocycles. The maximum Gasteiger partial charge on any atom is 0.0314 e. The second-order valence-corrected chi connectivity index (χ2v) is 6.76. The van der Waals surface area contributed by atoms with Crippen LogP contribution < -0.4 is 16.8 Å². The minimum Gasteiger partial charge on any atom is -0.399 e. The summed E-state index contributed by atoms with van der Waals surface area (Å²) in [5.41, 5.74) is 15.9. The zero-order valence-electron chi connectivity index (χ0n) is 20.8. The van der Waals surface area contributed by atoms with Gasteiger partial charge in [0.1, 0.15) is 0 Å². The van der Waals surface area contributed by atoms with E-state index >= 15 is 0 Å². The number of aromatic nitrogens is 1. The van der Waals surface area contributed by atoms with Gasteiger partial charge >= 0.3 is 0 Å². The van der Waals surface area contributed by atoms with E-state index in [1.165, 1.54) is 44.1 Å². The van der Waals surface area contributed by atoms with Crippen LogP contribution in [0.4, 0.5) is 5.69 Å². The molecule has 3 aromatic rings. The summed E-state index contributed by atoms with van der Waals surface area (Å²) in [5, 5.41) is 3.28. The molecule has 0 radical (unpaired) electrons. The van der Waals surface area contributed by atoms with Crippen LogP contribution in [0.15, 0.2) is 86.2 Å². The number of hydrogen-bond donors (Lipinski definition) is 3.